The van der Waals surface area contributed by atoms with Gasteiger partial charge >= 0.3 is 6.09 Å². The number of carbonyl (C=O) groups excluding carboxylic acids is 1. The van der Waals surface area contributed by atoms with Crippen molar-refractivity contribution in [1.82, 2.24) is 14.5 Å². The van der Waals surface area contributed by atoms with Gasteiger partial charge in [-0.2, -0.15) is 0 Å². The fourth-order valence-corrected chi connectivity index (χ4v) is 5.84. The second-order valence-corrected chi connectivity index (χ2v) is 10.4. The fourth-order valence-electron chi connectivity index (χ4n) is 4.46. The first-order chi connectivity index (χ1) is 17.0. The lowest BCUT2D eigenvalue weighted by molar-refractivity contribution is 0.155. The van der Waals surface area contributed by atoms with E-state index in [0.29, 0.717) is 15.7 Å². The first-order valence-corrected chi connectivity index (χ1v) is 13.3. The van der Waals surface area contributed by atoms with Crippen LogP contribution in [-0.2, 0) is 24.4 Å². The van der Waals surface area contributed by atoms with Crippen molar-refractivity contribution in [1.29, 1.82) is 0 Å². The van der Waals surface area contributed by atoms with E-state index in [2.05, 4.69) is 45.3 Å². The van der Waals surface area contributed by atoms with Crippen LogP contribution in [0.25, 0.3) is 21.5 Å². The van der Waals surface area contributed by atoms with Crippen molar-refractivity contribution in [3.05, 3.63) is 69.3 Å². The molecule has 2 aromatic carbocycles. The van der Waals surface area contributed by atoms with Gasteiger partial charge in [0, 0.05) is 45.7 Å². The number of nitrogens with one attached hydrogen (secondary N) is 1. The van der Waals surface area contributed by atoms with Crippen molar-refractivity contribution in [2.75, 3.05) is 18.4 Å². The number of fused-ring (bicyclic) bond motifs is 1. The monoisotopic (exact) mass is 528 g/mol. The van der Waals surface area contributed by atoms with Gasteiger partial charge in [0.25, 0.3) is 0 Å². The van der Waals surface area contributed by atoms with E-state index in [1.807, 2.05) is 6.20 Å². The number of rotatable bonds is 7. The van der Waals surface area contributed by atoms with E-state index in [-0.39, 0.29) is 6.61 Å². The number of aryl methyl sites for hydroxylation is 1. The van der Waals surface area contributed by atoms with E-state index >= 15 is 0 Å². The van der Waals surface area contributed by atoms with Crippen LogP contribution >= 0.6 is 34.5 Å². The van der Waals surface area contributed by atoms with Crippen molar-refractivity contribution < 1.29 is 9.53 Å². The van der Waals surface area contributed by atoms with E-state index in [0.717, 1.165) is 58.9 Å². The average molecular weight is 529 g/mol. The number of amides is 1. The van der Waals surface area contributed by atoms with E-state index in [1.54, 1.807) is 29.5 Å². The highest BCUT2D eigenvalue weighted by molar-refractivity contribution is 7.13. The standard InChI is InChI=1S/C26H26Cl2N4O2S/c1-2-32-14-23(30-26(33)34-15-17-9-19(27)12-20(28)10-17)22-11-18(5-6-24(22)32)25-29-21(16-35-25)13-31-7-3-4-8-31/h5-6,9-12,14,16H,2-4,7-8,13,15H2,1H3,(H,30,33). The van der Waals surface area contributed by atoms with E-state index < -0.39 is 6.09 Å². The molecule has 182 valence electrons. The van der Waals surface area contributed by atoms with Crippen LogP contribution in [0, 0.1) is 0 Å². The maximum atomic E-state index is 12.6. The maximum absolute atomic E-state index is 12.6. The third-order valence-corrected chi connectivity index (χ3v) is 7.51. The number of anilines is 1. The minimum atomic E-state index is -0.538. The number of nitrogens with zero attached hydrogens (tertiary/aromatic N) is 3. The maximum Gasteiger partial charge on any atom is 0.412 e. The normalized spacial score (nSPS) is 14.0. The second-order valence-electron chi connectivity index (χ2n) is 8.67. The number of halogens is 2. The molecule has 35 heavy (non-hydrogen) atoms. The van der Waals surface area contributed by atoms with Crippen LogP contribution in [0.3, 0.4) is 0 Å². The SMILES string of the molecule is CCn1cc(NC(=O)OCc2cc(Cl)cc(Cl)c2)c2cc(-c3nc(CN4CCCC4)cs3)ccc21. The second kappa shape index (κ2) is 10.6. The van der Waals surface area contributed by atoms with Crippen molar-refractivity contribution in [2.24, 2.45) is 0 Å². The summed E-state index contributed by atoms with van der Waals surface area (Å²) in [7, 11) is 0. The molecule has 0 aliphatic carbocycles. The Bertz CT molecular complexity index is 1340. The molecule has 0 unspecified atom stereocenters. The molecule has 0 saturated carbocycles. The summed E-state index contributed by atoms with van der Waals surface area (Å²) < 4.78 is 7.53. The Hall–Kier alpha value is -2.58. The predicted octanol–water partition coefficient (Wildman–Crippen LogP) is 7.44. The van der Waals surface area contributed by atoms with Gasteiger partial charge in [0.2, 0.25) is 0 Å². The number of benzene rings is 2. The number of ether oxygens (including phenoxy) is 1. The van der Waals surface area contributed by atoms with Crippen LogP contribution in [-0.4, -0.2) is 33.6 Å². The molecule has 1 fully saturated rings. The van der Waals surface area contributed by atoms with Gasteiger partial charge in [-0.1, -0.05) is 23.2 Å². The zero-order chi connectivity index (χ0) is 24.4. The molecule has 1 aliphatic heterocycles. The molecule has 0 radical (unpaired) electrons. The summed E-state index contributed by atoms with van der Waals surface area (Å²) in [5.41, 5.74) is 4.62. The zero-order valence-corrected chi connectivity index (χ0v) is 21.7. The summed E-state index contributed by atoms with van der Waals surface area (Å²) in [5, 5.41) is 7.98. The summed E-state index contributed by atoms with van der Waals surface area (Å²) >= 11 is 13.7. The largest absolute Gasteiger partial charge is 0.444 e. The Kier molecular flexibility index (Phi) is 7.29. The van der Waals surface area contributed by atoms with Crippen LogP contribution in [0.4, 0.5) is 10.5 Å². The summed E-state index contributed by atoms with van der Waals surface area (Å²) in [5.74, 6) is 0. The van der Waals surface area contributed by atoms with Gasteiger partial charge in [0.15, 0.2) is 0 Å². The third kappa shape index (κ3) is 5.64. The van der Waals surface area contributed by atoms with E-state index in [4.69, 9.17) is 32.9 Å². The molecule has 4 aromatic rings. The molecule has 1 N–H and O–H groups in total. The van der Waals surface area contributed by atoms with Crippen molar-refractivity contribution in [3.63, 3.8) is 0 Å². The Morgan fingerprint density at radius 3 is 2.66 bits per heavy atom. The molecular weight excluding hydrogens is 503 g/mol. The minimum Gasteiger partial charge on any atom is -0.444 e. The molecule has 6 nitrogen and oxygen atoms in total. The van der Waals surface area contributed by atoms with Crippen LogP contribution < -0.4 is 5.32 Å². The van der Waals surface area contributed by atoms with Crippen LogP contribution in [0.2, 0.25) is 10.0 Å². The summed E-state index contributed by atoms with van der Waals surface area (Å²) in [6.07, 6.45) is 3.94. The number of hydrogen-bond acceptors (Lipinski definition) is 5. The highest BCUT2D eigenvalue weighted by atomic mass is 35.5. The molecule has 0 bridgehead atoms. The average Bonchev–Trinajstić information content (AvgIpc) is 3.58. The lowest BCUT2D eigenvalue weighted by atomic mass is 10.1. The van der Waals surface area contributed by atoms with Gasteiger partial charge < -0.3 is 9.30 Å². The molecule has 1 aliphatic rings. The van der Waals surface area contributed by atoms with Gasteiger partial charge in [0.1, 0.15) is 11.6 Å². The van der Waals surface area contributed by atoms with E-state index in [9.17, 15) is 4.79 Å². The van der Waals surface area contributed by atoms with Crippen LogP contribution in [0.5, 0.6) is 0 Å². The molecule has 5 rings (SSSR count). The molecule has 0 atom stereocenters. The van der Waals surface area contributed by atoms with Gasteiger partial charge in [-0.15, -0.1) is 11.3 Å². The molecule has 1 saturated heterocycles. The summed E-state index contributed by atoms with van der Waals surface area (Å²) in [4.78, 5) is 19.9. The lowest BCUT2D eigenvalue weighted by Crippen LogP contribution is -2.18. The molecule has 0 spiro atoms. The lowest BCUT2D eigenvalue weighted by Gasteiger charge is -2.11. The van der Waals surface area contributed by atoms with Gasteiger partial charge in [-0.05, 0) is 74.8 Å². The number of carbonyl (C=O) groups is 1. The molecule has 1 amide bonds. The molecule has 3 heterocycles. The van der Waals surface area contributed by atoms with E-state index in [1.165, 1.54) is 12.8 Å². The Morgan fingerprint density at radius 1 is 1.14 bits per heavy atom. The topological polar surface area (TPSA) is 59.4 Å². The van der Waals surface area contributed by atoms with Crippen molar-refractivity contribution in [3.8, 4) is 10.6 Å². The summed E-state index contributed by atoms with van der Waals surface area (Å²) in [6.45, 7) is 6.14. The molecule has 9 heteroatoms. The van der Waals surface area contributed by atoms with Crippen molar-refractivity contribution in [2.45, 2.75) is 39.5 Å². The zero-order valence-electron chi connectivity index (χ0n) is 19.4. The quantitative estimate of drug-likeness (QED) is 0.270. The third-order valence-electron chi connectivity index (χ3n) is 6.13. The highest BCUT2D eigenvalue weighted by Crippen LogP contribution is 2.33. The first kappa shape index (κ1) is 24.1. The van der Waals surface area contributed by atoms with Gasteiger partial charge in [-0.25, -0.2) is 9.78 Å². The Morgan fingerprint density at radius 2 is 1.91 bits per heavy atom. The number of likely N-dealkylation sites (tertiary alicyclic amines) is 1. The number of hydrogen-bond donors (Lipinski definition) is 1. The van der Waals surface area contributed by atoms with Gasteiger partial charge in [0.05, 0.1) is 16.9 Å². The van der Waals surface area contributed by atoms with Crippen LogP contribution in [0.1, 0.15) is 31.0 Å². The Labute approximate surface area is 218 Å². The molecule has 2 aromatic heterocycles. The fraction of sp³-hybridized carbons (Fsp3) is 0.308. The van der Waals surface area contributed by atoms with Crippen LogP contribution in [0.15, 0.2) is 48.0 Å². The Balaban J connectivity index is 1.34. The smallest absolute Gasteiger partial charge is 0.412 e. The predicted molar refractivity (Wildman–Crippen MR) is 144 cm³/mol. The highest BCUT2D eigenvalue weighted by Gasteiger charge is 2.16. The van der Waals surface area contributed by atoms with Gasteiger partial charge in [-0.3, -0.25) is 10.2 Å². The van der Waals surface area contributed by atoms with Crippen molar-refractivity contribution >= 4 is 57.2 Å². The first-order valence-electron chi connectivity index (χ1n) is 11.7. The number of aromatic nitrogens is 2. The summed E-state index contributed by atoms with van der Waals surface area (Å²) in [6, 6.07) is 11.4. The number of thiazole rings is 1. The minimum absolute atomic E-state index is 0.0721. The molecular formula is C26H26Cl2N4O2S.